The molecule has 2 N–H and O–H groups in total. The van der Waals surface area contributed by atoms with Crippen LogP contribution in [0.4, 0.5) is 0 Å². The van der Waals surface area contributed by atoms with Crippen molar-refractivity contribution < 1.29 is 4.79 Å². The molecule has 0 unspecified atom stereocenters. The molecular formula is C14H29N3O. The first-order valence-corrected chi connectivity index (χ1v) is 7.48. The minimum absolute atomic E-state index is 0.184. The molecule has 0 aromatic rings. The highest BCUT2D eigenvalue weighted by molar-refractivity contribution is 5.77. The zero-order valence-corrected chi connectivity index (χ0v) is 12.0. The van der Waals surface area contributed by atoms with Crippen molar-refractivity contribution in [1.29, 1.82) is 0 Å². The monoisotopic (exact) mass is 255 g/mol. The summed E-state index contributed by atoms with van der Waals surface area (Å²) in [6.45, 7) is 8.93. The summed E-state index contributed by atoms with van der Waals surface area (Å²) in [6, 6.07) is 0.657. The van der Waals surface area contributed by atoms with Gasteiger partial charge in [0.15, 0.2) is 0 Å². The van der Waals surface area contributed by atoms with Gasteiger partial charge in [-0.3, -0.25) is 9.69 Å². The van der Waals surface area contributed by atoms with E-state index in [1.54, 1.807) is 0 Å². The number of unbranched alkanes of at least 4 members (excludes halogenated alkanes) is 1. The van der Waals surface area contributed by atoms with E-state index in [0.717, 1.165) is 39.0 Å². The third-order valence-electron chi connectivity index (χ3n) is 3.49. The van der Waals surface area contributed by atoms with Crippen LogP contribution < -0.4 is 10.6 Å². The Labute approximate surface area is 111 Å². The molecule has 0 aromatic carbocycles. The van der Waals surface area contributed by atoms with E-state index in [1.807, 2.05) is 0 Å². The van der Waals surface area contributed by atoms with Crippen LogP contribution in [0.5, 0.6) is 0 Å². The Morgan fingerprint density at radius 3 is 2.50 bits per heavy atom. The fourth-order valence-electron chi connectivity index (χ4n) is 2.31. The molecule has 1 amide bonds. The maximum atomic E-state index is 11.7. The van der Waals surface area contributed by atoms with Crippen LogP contribution in [0.3, 0.4) is 0 Å². The van der Waals surface area contributed by atoms with E-state index >= 15 is 0 Å². The first-order chi connectivity index (χ1) is 8.76. The van der Waals surface area contributed by atoms with Crippen molar-refractivity contribution in [1.82, 2.24) is 15.5 Å². The Bertz CT molecular complexity index is 225. The van der Waals surface area contributed by atoms with Crippen LogP contribution in [-0.4, -0.2) is 49.6 Å². The van der Waals surface area contributed by atoms with E-state index in [4.69, 9.17) is 0 Å². The second-order valence-corrected chi connectivity index (χ2v) is 5.21. The van der Waals surface area contributed by atoms with E-state index in [-0.39, 0.29) is 5.91 Å². The van der Waals surface area contributed by atoms with E-state index in [1.165, 1.54) is 19.3 Å². The number of hydrogen-bond donors (Lipinski definition) is 2. The van der Waals surface area contributed by atoms with Crippen molar-refractivity contribution in [2.75, 3.05) is 32.7 Å². The van der Waals surface area contributed by atoms with Gasteiger partial charge in [0.2, 0.25) is 5.91 Å². The van der Waals surface area contributed by atoms with Crippen LogP contribution in [0.2, 0.25) is 0 Å². The highest BCUT2D eigenvalue weighted by Gasteiger charge is 2.19. The molecular weight excluding hydrogens is 226 g/mol. The van der Waals surface area contributed by atoms with E-state index in [0.29, 0.717) is 12.6 Å². The summed E-state index contributed by atoms with van der Waals surface area (Å²) in [7, 11) is 0. The molecule has 0 atom stereocenters. The van der Waals surface area contributed by atoms with Crippen molar-refractivity contribution in [3.05, 3.63) is 0 Å². The minimum atomic E-state index is 0.184. The Kier molecular flexibility index (Phi) is 8.01. The normalized spacial score (nSPS) is 17.9. The minimum Gasteiger partial charge on any atom is -0.355 e. The second-order valence-electron chi connectivity index (χ2n) is 5.21. The largest absolute Gasteiger partial charge is 0.355 e. The summed E-state index contributed by atoms with van der Waals surface area (Å²) in [4.78, 5) is 13.9. The summed E-state index contributed by atoms with van der Waals surface area (Å²) < 4.78 is 0. The van der Waals surface area contributed by atoms with Crippen molar-refractivity contribution in [2.45, 2.75) is 52.0 Å². The second kappa shape index (κ2) is 9.34. The molecule has 0 aromatic heterocycles. The zero-order chi connectivity index (χ0) is 13.2. The molecule has 1 heterocycles. The van der Waals surface area contributed by atoms with Crippen molar-refractivity contribution in [3.8, 4) is 0 Å². The molecule has 0 saturated carbocycles. The Balaban J connectivity index is 2.09. The number of likely N-dealkylation sites (tertiary alicyclic amines) is 1. The third-order valence-corrected chi connectivity index (χ3v) is 3.49. The van der Waals surface area contributed by atoms with Gasteiger partial charge in [0.05, 0.1) is 6.54 Å². The number of nitrogens with zero attached hydrogens (tertiary/aromatic N) is 1. The van der Waals surface area contributed by atoms with Crippen LogP contribution in [-0.2, 0) is 4.79 Å². The predicted octanol–water partition coefficient (Wildman–Crippen LogP) is 1.37. The first kappa shape index (κ1) is 15.4. The van der Waals surface area contributed by atoms with Gasteiger partial charge in [-0.15, -0.1) is 0 Å². The molecule has 0 radical (unpaired) electrons. The van der Waals surface area contributed by atoms with Crippen LogP contribution >= 0.6 is 0 Å². The summed E-state index contributed by atoms with van der Waals surface area (Å²) >= 11 is 0. The zero-order valence-electron chi connectivity index (χ0n) is 12.0. The van der Waals surface area contributed by atoms with Crippen molar-refractivity contribution in [3.63, 3.8) is 0 Å². The quantitative estimate of drug-likeness (QED) is 0.644. The molecule has 1 rings (SSSR count). The summed E-state index contributed by atoms with van der Waals surface area (Å²) in [5, 5.41) is 6.54. The fourth-order valence-corrected chi connectivity index (χ4v) is 2.31. The number of nitrogens with one attached hydrogen (secondary N) is 2. The van der Waals surface area contributed by atoms with Gasteiger partial charge in [-0.2, -0.15) is 0 Å². The van der Waals surface area contributed by atoms with E-state index in [2.05, 4.69) is 29.4 Å². The highest BCUT2D eigenvalue weighted by Crippen LogP contribution is 2.09. The molecule has 18 heavy (non-hydrogen) atoms. The predicted molar refractivity (Wildman–Crippen MR) is 75.7 cm³/mol. The fraction of sp³-hybridized carbons (Fsp3) is 0.929. The topological polar surface area (TPSA) is 44.4 Å². The number of carbonyl (C=O) groups excluding carboxylic acids is 1. The van der Waals surface area contributed by atoms with Crippen LogP contribution in [0.15, 0.2) is 0 Å². The number of carbonyl (C=O) groups is 1. The number of piperidine rings is 1. The van der Waals surface area contributed by atoms with Gasteiger partial charge in [0, 0.05) is 25.7 Å². The lowest BCUT2D eigenvalue weighted by Gasteiger charge is -2.31. The Morgan fingerprint density at radius 1 is 1.17 bits per heavy atom. The van der Waals surface area contributed by atoms with Crippen molar-refractivity contribution in [2.24, 2.45) is 0 Å². The molecule has 106 valence electrons. The highest BCUT2D eigenvalue weighted by atomic mass is 16.2. The molecule has 0 bridgehead atoms. The van der Waals surface area contributed by atoms with Crippen LogP contribution in [0.25, 0.3) is 0 Å². The van der Waals surface area contributed by atoms with Gasteiger partial charge in [0.1, 0.15) is 0 Å². The van der Waals surface area contributed by atoms with E-state index < -0.39 is 0 Å². The summed E-state index contributed by atoms with van der Waals surface area (Å²) in [5.41, 5.74) is 0. The molecule has 1 aliphatic rings. The standard InChI is InChI=1S/C14H29N3O/c1-3-5-9-16-14(18)12-17-10-6-13(7-11-17)15-8-4-2/h13,15H,3-12H2,1-2H3,(H,16,18). The van der Waals surface area contributed by atoms with Crippen LogP contribution in [0, 0.1) is 0 Å². The maximum Gasteiger partial charge on any atom is 0.234 e. The number of amides is 1. The molecule has 0 spiro atoms. The summed E-state index contributed by atoms with van der Waals surface area (Å²) in [5.74, 6) is 0.184. The van der Waals surface area contributed by atoms with E-state index in [9.17, 15) is 4.79 Å². The third kappa shape index (κ3) is 6.36. The maximum absolute atomic E-state index is 11.7. The van der Waals surface area contributed by atoms with Gasteiger partial charge in [-0.05, 0) is 32.2 Å². The Morgan fingerprint density at radius 2 is 1.89 bits per heavy atom. The lowest BCUT2D eigenvalue weighted by atomic mass is 10.0. The van der Waals surface area contributed by atoms with Gasteiger partial charge >= 0.3 is 0 Å². The SMILES string of the molecule is CCCCNC(=O)CN1CCC(NCCC)CC1. The molecule has 4 nitrogen and oxygen atoms in total. The first-order valence-electron chi connectivity index (χ1n) is 7.48. The summed E-state index contributed by atoms with van der Waals surface area (Å²) in [6.07, 6.45) is 5.74. The number of hydrogen-bond acceptors (Lipinski definition) is 3. The van der Waals surface area contributed by atoms with Crippen LogP contribution in [0.1, 0.15) is 46.0 Å². The van der Waals surface area contributed by atoms with Gasteiger partial charge in [0.25, 0.3) is 0 Å². The lowest BCUT2D eigenvalue weighted by molar-refractivity contribution is -0.122. The molecule has 4 heteroatoms. The molecule has 1 fully saturated rings. The lowest BCUT2D eigenvalue weighted by Crippen LogP contribution is -2.46. The molecule has 0 aliphatic carbocycles. The molecule has 1 aliphatic heterocycles. The van der Waals surface area contributed by atoms with Gasteiger partial charge < -0.3 is 10.6 Å². The number of rotatable bonds is 8. The average Bonchev–Trinajstić information content (AvgIpc) is 2.38. The van der Waals surface area contributed by atoms with Crippen molar-refractivity contribution >= 4 is 5.91 Å². The molecule has 1 saturated heterocycles. The average molecular weight is 255 g/mol. The Hall–Kier alpha value is -0.610. The smallest absolute Gasteiger partial charge is 0.234 e. The van der Waals surface area contributed by atoms with Gasteiger partial charge in [-0.25, -0.2) is 0 Å². The van der Waals surface area contributed by atoms with Gasteiger partial charge in [-0.1, -0.05) is 20.3 Å².